The molecule has 1 aromatic carbocycles. The van der Waals surface area contributed by atoms with Gasteiger partial charge in [0.25, 0.3) is 0 Å². The van der Waals surface area contributed by atoms with Gasteiger partial charge in [-0.15, -0.1) is 0 Å². The zero-order valence-electron chi connectivity index (χ0n) is 17.7. The van der Waals surface area contributed by atoms with Crippen molar-refractivity contribution >= 4 is 27.7 Å². The molecule has 168 valence electrons. The molecule has 6 nitrogen and oxygen atoms in total. The fraction of sp³-hybridized carbons (Fsp3) is 0.522. The van der Waals surface area contributed by atoms with Crippen molar-refractivity contribution in [3.63, 3.8) is 0 Å². The average Bonchev–Trinajstić information content (AvgIpc) is 2.78. The highest BCUT2D eigenvalue weighted by Gasteiger charge is 2.43. The number of cyclic esters (lactones) is 1. The highest BCUT2D eigenvalue weighted by Crippen LogP contribution is 2.35. The van der Waals surface area contributed by atoms with E-state index in [0.717, 1.165) is 24.8 Å². The molecule has 2 aliphatic heterocycles. The van der Waals surface area contributed by atoms with Crippen molar-refractivity contribution in [2.24, 2.45) is 5.92 Å². The molecule has 1 amide bonds. The molecule has 8 heteroatoms. The molecule has 2 fully saturated rings. The lowest BCUT2D eigenvalue weighted by Gasteiger charge is -2.46. The molecule has 0 aromatic heterocycles. The van der Waals surface area contributed by atoms with Gasteiger partial charge in [-0.25, -0.2) is 13.2 Å². The smallest absolute Gasteiger partial charge is 0.410 e. The second-order valence-electron chi connectivity index (χ2n) is 8.40. The van der Waals surface area contributed by atoms with Crippen LogP contribution in [0.3, 0.4) is 0 Å². The van der Waals surface area contributed by atoms with Crippen LogP contribution in [0, 0.1) is 5.92 Å². The van der Waals surface area contributed by atoms with E-state index in [2.05, 4.69) is 6.92 Å². The van der Waals surface area contributed by atoms with E-state index < -0.39 is 10.0 Å². The molecule has 4 rings (SSSR count). The maximum absolute atomic E-state index is 13.1. The summed E-state index contributed by atoms with van der Waals surface area (Å²) in [7, 11) is -3.54. The molecular weight excluding hydrogens is 436 g/mol. The molecule has 31 heavy (non-hydrogen) atoms. The second-order valence-corrected chi connectivity index (χ2v) is 10.8. The summed E-state index contributed by atoms with van der Waals surface area (Å²) in [6.07, 6.45) is 9.66. The lowest BCUT2D eigenvalue weighted by Crippen LogP contribution is -2.57. The number of ether oxygens (including phenoxy) is 1. The van der Waals surface area contributed by atoms with Crippen molar-refractivity contribution in [2.75, 3.05) is 19.7 Å². The molecule has 0 spiro atoms. The van der Waals surface area contributed by atoms with Gasteiger partial charge in [0.05, 0.1) is 16.9 Å². The number of amides is 1. The predicted molar refractivity (Wildman–Crippen MR) is 120 cm³/mol. The van der Waals surface area contributed by atoms with Crippen LogP contribution >= 0.6 is 11.6 Å². The standard InChI is InChI=1S/C23H29ClN2O4S/c1-2-3-5-17-8-10-19(11-9-17)31(28,29)25-14-12-18(13-15-25)26-22-7-4-6-21(24)20(22)16-30-23(26)27/h4,6-11,18,20,22H,2-3,5,12-16H2,1H3. The van der Waals surface area contributed by atoms with E-state index >= 15 is 0 Å². The van der Waals surface area contributed by atoms with Gasteiger partial charge >= 0.3 is 6.09 Å². The second kappa shape index (κ2) is 9.35. The Morgan fingerprint density at radius 3 is 2.55 bits per heavy atom. The molecule has 1 aliphatic carbocycles. The van der Waals surface area contributed by atoms with Gasteiger partial charge in [0.15, 0.2) is 0 Å². The lowest BCUT2D eigenvalue weighted by molar-refractivity contribution is 0.00513. The SMILES string of the molecule is CCCCc1ccc(S(=O)(=O)N2CCC(N3C(=O)OCC4C(Cl)=CC=CC43)CC2)cc1. The van der Waals surface area contributed by atoms with Crippen molar-refractivity contribution in [1.82, 2.24) is 9.21 Å². The minimum absolute atomic E-state index is 0.0580. The van der Waals surface area contributed by atoms with Crippen LogP contribution in [0.5, 0.6) is 0 Å². The summed E-state index contributed by atoms with van der Waals surface area (Å²) in [6.45, 7) is 3.17. The Morgan fingerprint density at radius 2 is 1.87 bits per heavy atom. The van der Waals surface area contributed by atoms with E-state index in [1.54, 1.807) is 17.0 Å². The summed E-state index contributed by atoms with van der Waals surface area (Å²) in [5.74, 6) is -0.0580. The first-order valence-electron chi connectivity index (χ1n) is 11.0. The third kappa shape index (κ3) is 4.54. The number of hydrogen-bond acceptors (Lipinski definition) is 4. The number of aryl methyl sites for hydroxylation is 1. The number of unbranched alkanes of at least 4 members (excludes halogenated alkanes) is 1. The average molecular weight is 465 g/mol. The third-order valence-corrected chi connectivity index (χ3v) is 8.76. The predicted octanol–water partition coefficient (Wildman–Crippen LogP) is 4.31. The summed E-state index contributed by atoms with van der Waals surface area (Å²) in [5.41, 5.74) is 1.16. The summed E-state index contributed by atoms with van der Waals surface area (Å²) in [4.78, 5) is 14.6. The Kier molecular flexibility index (Phi) is 6.74. The monoisotopic (exact) mass is 464 g/mol. The maximum atomic E-state index is 13.1. The van der Waals surface area contributed by atoms with Gasteiger partial charge in [0.1, 0.15) is 6.61 Å². The van der Waals surface area contributed by atoms with Crippen LogP contribution < -0.4 is 0 Å². The molecule has 2 saturated heterocycles. The maximum Gasteiger partial charge on any atom is 0.410 e. The molecule has 0 radical (unpaired) electrons. The van der Waals surface area contributed by atoms with Crippen molar-refractivity contribution in [3.8, 4) is 0 Å². The van der Waals surface area contributed by atoms with E-state index in [0.29, 0.717) is 35.9 Å². The summed E-state index contributed by atoms with van der Waals surface area (Å²) in [5, 5.41) is 0.687. The normalized spacial score (nSPS) is 25.2. The number of halogens is 1. The number of benzene rings is 1. The van der Waals surface area contributed by atoms with Crippen molar-refractivity contribution in [2.45, 2.75) is 56.0 Å². The largest absolute Gasteiger partial charge is 0.449 e. The van der Waals surface area contributed by atoms with Gasteiger partial charge < -0.3 is 4.74 Å². The number of rotatable bonds is 6. The minimum atomic E-state index is -3.54. The number of piperidine rings is 1. The van der Waals surface area contributed by atoms with Crippen LogP contribution in [-0.2, 0) is 21.2 Å². The highest BCUT2D eigenvalue weighted by atomic mass is 35.5. The minimum Gasteiger partial charge on any atom is -0.449 e. The van der Waals surface area contributed by atoms with Gasteiger partial charge in [-0.05, 0) is 49.5 Å². The van der Waals surface area contributed by atoms with Gasteiger partial charge in [-0.2, -0.15) is 4.31 Å². The number of fused-ring (bicyclic) bond motifs is 1. The molecule has 1 aromatic rings. The van der Waals surface area contributed by atoms with Crippen LogP contribution in [0.4, 0.5) is 4.79 Å². The first-order valence-corrected chi connectivity index (χ1v) is 12.8. The zero-order chi connectivity index (χ0) is 22.0. The first kappa shape index (κ1) is 22.4. The van der Waals surface area contributed by atoms with Crippen LogP contribution in [0.2, 0.25) is 0 Å². The molecule has 3 aliphatic rings. The molecular formula is C23H29ClN2O4S. The Hall–Kier alpha value is -1.83. The topological polar surface area (TPSA) is 66.9 Å². The summed E-state index contributed by atoms with van der Waals surface area (Å²) >= 11 is 6.34. The zero-order valence-corrected chi connectivity index (χ0v) is 19.3. The molecule has 0 saturated carbocycles. The van der Waals surface area contributed by atoms with Gasteiger partial charge in [-0.3, -0.25) is 4.90 Å². The molecule has 0 bridgehead atoms. The number of allylic oxidation sites excluding steroid dienone is 2. The van der Waals surface area contributed by atoms with Crippen molar-refractivity contribution in [3.05, 3.63) is 53.1 Å². The van der Waals surface area contributed by atoms with E-state index in [9.17, 15) is 13.2 Å². The van der Waals surface area contributed by atoms with Crippen LogP contribution in [0.1, 0.15) is 38.2 Å². The number of nitrogens with zero attached hydrogens (tertiary/aromatic N) is 2. The first-order chi connectivity index (χ1) is 14.9. The summed E-state index contributed by atoms with van der Waals surface area (Å²) in [6, 6.07) is 7.02. The van der Waals surface area contributed by atoms with E-state index in [1.165, 1.54) is 4.31 Å². The quantitative estimate of drug-likeness (QED) is 0.629. The Morgan fingerprint density at radius 1 is 1.16 bits per heavy atom. The number of sulfonamides is 1. The fourth-order valence-electron chi connectivity index (χ4n) is 4.62. The number of carbonyl (C=O) groups is 1. The van der Waals surface area contributed by atoms with Crippen LogP contribution in [-0.4, -0.2) is 55.5 Å². The third-order valence-electron chi connectivity index (χ3n) is 6.45. The molecule has 2 heterocycles. The Labute approximate surface area is 189 Å². The summed E-state index contributed by atoms with van der Waals surface area (Å²) < 4.78 is 33.1. The van der Waals surface area contributed by atoms with E-state index in [1.807, 2.05) is 30.4 Å². The van der Waals surface area contributed by atoms with Crippen LogP contribution in [0.15, 0.2) is 52.4 Å². The van der Waals surface area contributed by atoms with E-state index in [4.69, 9.17) is 16.3 Å². The van der Waals surface area contributed by atoms with Gasteiger partial charge in [0, 0.05) is 24.2 Å². The number of carbonyl (C=O) groups excluding carboxylic acids is 1. The fourth-order valence-corrected chi connectivity index (χ4v) is 6.35. The highest BCUT2D eigenvalue weighted by molar-refractivity contribution is 7.89. The van der Waals surface area contributed by atoms with Crippen LogP contribution in [0.25, 0.3) is 0 Å². The lowest BCUT2D eigenvalue weighted by atomic mass is 9.90. The van der Waals surface area contributed by atoms with Gasteiger partial charge in [0.2, 0.25) is 10.0 Å². The molecule has 2 unspecified atom stereocenters. The number of hydrogen-bond donors (Lipinski definition) is 0. The molecule has 2 atom stereocenters. The Balaban J connectivity index is 1.42. The Bertz CT molecular complexity index is 966. The van der Waals surface area contributed by atoms with Crippen molar-refractivity contribution in [1.29, 1.82) is 0 Å². The van der Waals surface area contributed by atoms with E-state index in [-0.39, 0.29) is 30.7 Å². The van der Waals surface area contributed by atoms with Gasteiger partial charge in [-0.1, -0.05) is 49.2 Å². The molecule has 0 N–H and O–H groups in total. The van der Waals surface area contributed by atoms with Crippen molar-refractivity contribution < 1.29 is 17.9 Å².